The van der Waals surface area contributed by atoms with Crippen LogP contribution in [0.1, 0.15) is 5.56 Å². The molecule has 0 atom stereocenters. The first-order valence-corrected chi connectivity index (χ1v) is 5.59. The molecule has 1 aliphatic heterocycles. The van der Waals surface area contributed by atoms with E-state index in [4.69, 9.17) is 4.74 Å². The summed E-state index contributed by atoms with van der Waals surface area (Å²) in [6, 6.07) is 10.3. The number of ether oxygens (including phenoxy) is 1. The summed E-state index contributed by atoms with van der Waals surface area (Å²) >= 11 is 0. The van der Waals surface area contributed by atoms with Crippen molar-refractivity contribution in [3.8, 4) is 0 Å². The molecule has 1 heterocycles. The van der Waals surface area contributed by atoms with E-state index in [9.17, 15) is 0 Å². The van der Waals surface area contributed by atoms with Gasteiger partial charge in [-0.15, -0.1) is 0 Å². The van der Waals surface area contributed by atoms with Crippen molar-refractivity contribution < 1.29 is 4.74 Å². The van der Waals surface area contributed by atoms with Crippen molar-refractivity contribution in [1.82, 2.24) is 10.5 Å². The lowest BCUT2D eigenvalue weighted by molar-refractivity contribution is 0.0127. The summed E-state index contributed by atoms with van der Waals surface area (Å²) in [5.41, 5.74) is 4.29. The Morgan fingerprint density at radius 3 is 2.75 bits per heavy atom. The first kappa shape index (κ1) is 11.1. The third-order valence-corrected chi connectivity index (χ3v) is 2.47. The molecule has 0 saturated carbocycles. The first-order valence-electron chi connectivity index (χ1n) is 5.59. The Balaban J connectivity index is 1.69. The van der Waals surface area contributed by atoms with Gasteiger partial charge < -0.3 is 4.74 Å². The molecule has 0 aromatic heterocycles. The molecule has 1 fully saturated rings. The topological polar surface area (TPSA) is 36.9 Å². The Morgan fingerprint density at radius 1 is 1.25 bits per heavy atom. The van der Waals surface area contributed by atoms with Crippen molar-refractivity contribution >= 4 is 6.21 Å². The molecule has 0 bridgehead atoms. The van der Waals surface area contributed by atoms with E-state index in [1.165, 1.54) is 5.56 Å². The van der Waals surface area contributed by atoms with Gasteiger partial charge in [0.25, 0.3) is 0 Å². The number of morpholine rings is 1. The van der Waals surface area contributed by atoms with Crippen LogP contribution in [-0.4, -0.2) is 37.5 Å². The summed E-state index contributed by atoms with van der Waals surface area (Å²) in [7, 11) is 0. The highest BCUT2D eigenvalue weighted by molar-refractivity contribution is 5.60. The summed E-state index contributed by atoms with van der Waals surface area (Å²) in [6.07, 6.45) is 2.75. The van der Waals surface area contributed by atoms with Gasteiger partial charge in [0.05, 0.1) is 13.2 Å². The van der Waals surface area contributed by atoms with E-state index in [1.54, 1.807) is 0 Å². The lowest BCUT2D eigenvalue weighted by Crippen LogP contribution is -2.43. The second-order valence-corrected chi connectivity index (χ2v) is 3.70. The monoisotopic (exact) mass is 219 g/mol. The Kier molecular flexibility index (Phi) is 4.34. The van der Waals surface area contributed by atoms with Crippen molar-refractivity contribution in [2.75, 3.05) is 26.3 Å². The van der Waals surface area contributed by atoms with Gasteiger partial charge in [-0.05, 0) is 5.56 Å². The van der Waals surface area contributed by atoms with Crippen LogP contribution in [0.15, 0.2) is 35.4 Å². The Bertz CT molecular complexity index is 320. The number of benzene rings is 1. The molecule has 86 valence electrons. The minimum atomic E-state index is 0.779. The van der Waals surface area contributed by atoms with Crippen LogP contribution in [0.3, 0.4) is 0 Å². The average Bonchev–Trinajstić information content (AvgIpc) is 2.37. The third kappa shape index (κ3) is 3.64. The quantitative estimate of drug-likeness (QED) is 0.607. The van der Waals surface area contributed by atoms with Gasteiger partial charge in [-0.1, -0.05) is 30.3 Å². The Labute approximate surface area is 95.9 Å². The number of hydrogen-bond donors (Lipinski definition) is 1. The molecule has 1 saturated heterocycles. The van der Waals surface area contributed by atoms with Gasteiger partial charge in [-0.3, -0.25) is 0 Å². The van der Waals surface area contributed by atoms with Crippen LogP contribution in [0, 0.1) is 0 Å². The summed E-state index contributed by atoms with van der Waals surface area (Å²) in [6.45, 7) is 3.34. The predicted molar refractivity (Wildman–Crippen MR) is 64.2 cm³/mol. The molecular formula is C12H17N3O. The highest BCUT2D eigenvalue weighted by Gasteiger charge is 2.07. The van der Waals surface area contributed by atoms with Gasteiger partial charge >= 0.3 is 0 Å². The number of rotatable bonds is 4. The lowest BCUT2D eigenvalue weighted by Gasteiger charge is -2.25. The van der Waals surface area contributed by atoms with Gasteiger partial charge in [0.15, 0.2) is 0 Å². The van der Waals surface area contributed by atoms with Crippen LogP contribution in [0.25, 0.3) is 0 Å². The van der Waals surface area contributed by atoms with Gasteiger partial charge in [0.2, 0.25) is 0 Å². The number of hydrogen-bond acceptors (Lipinski definition) is 4. The molecule has 4 heteroatoms. The predicted octanol–water partition coefficient (Wildman–Crippen LogP) is 1.05. The average molecular weight is 219 g/mol. The number of hydrazone groups is 1. The molecule has 4 nitrogen and oxygen atoms in total. The zero-order chi connectivity index (χ0) is 11.1. The minimum Gasteiger partial charge on any atom is -0.379 e. The fourth-order valence-corrected chi connectivity index (χ4v) is 1.55. The highest BCUT2D eigenvalue weighted by atomic mass is 16.5. The molecule has 1 N–H and O–H groups in total. The molecule has 16 heavy (non-hydrogen) atoms. The zero-order valence-electron chi connectivity index (χ0n) is 9.30. The van der Waals surface area contributed by atoms with Crippen LogP contribution in [0.5, 0.6) is 0 Å². The van der Waals surface area contributed by atoms with Gasteiger partial charge in [0.1, 0.15) is 0 Å². The van der Waals surface area contributed by atoms with Crippen molar-refractivity contribution in [2.45, 2.75) is 6.42 Å². The lowest BCUT2D eigenvalue weighted by atomic mass is 10.2. The van der Waals surface area contributed by atoms with Crippen LogP contribution >= 0.6 is 0 Å². The molecule has 1 aromatic rings. The van der Waals surface area contributed by atoms with Crippen molar-refractivity contribution in [3.05, 3.63) is 35.9 Å². The maximum absolute atomic E-state index is 5.24. The maximum atomic E-state index is 5.24. The summed E-state index contributed by atoms with van der Waals surface area (Å²) < 4.78 is 5.24. The van der Waals surface area contributed by atoms with E-state index in [-0.39, 0.29) is 0 Å². The molecule has 0 unspecified atom stereocenters. The van der Waals surface area contributed by atoms with Crippen molar-refractivity contribution in [1.29, 1.82) is 0 Å². The smallest absolute Gasteiger partial charge is 0.0613 e. The summed E-state index contributed by atoms with van der Waals surface area (Å²) in [4.78, 5) is 0. The molecule has 0 radical (unpaired) electrons. The second kappa shape index (κ2) is 6.25. The highest BCUT2D eigenvalue weighted by Crippen LogP contribution is 1.97. The van der Waals surface area contributed by atoms with E-state index in [1.807, 2.05) is 24.4 Å². The minimum absolute atomic E-state index is 0.779. The molecule has 0 spiro atoms. The zero-order valence-corrected chi connectivity index (χ0v) is 9.30. The summed E-state index contributed by atoms with van der Waals surface area (Å²) in [5.74, 6) is 0. The first-order chi connectivity index (χ1) is 7.95. The molecule has 0 aliphatic carbocycles. The Hall–Kier alpha value is -1.39. The molecule has 1 aliphatic rings. The fraction of sp³-hybridized carbons (Fsp3) is 0.417. The van der Waals surface area contributed by atoms with Gasteiger partial charge in [-0.2, -0.15) is 5.10 Å². The fourth-order valence-electron chi connectivity index (χ4n) is 1.55. The van der Waals surface area contributed by atoms with Crippen LogP contribution in [-0.2, 0) is 11.2 Å². The number of hydrazine groups is 1. The maximum Gasteiger partial charge on any atom is 0.0613 e. The third-order valence-electron chi connectivity index (χ3n) is 2.47. The van der Waals surface area contributed by atoms with Crippen molar-refractivity contribution in [3.63, 3.8) is 0 Å². The molecule has 0 amide bonds. The van der Waals surface area contributed by atoms with E-state index in [0.29, 0.717) is 0 Å². The number of nitrogens with one attached hydrogen (secondary N) is 1. The number of nitrogens with zero attached hydrogens (tertiary/aromatic N) is 2. The van der Waals surface area contributed by atoms with E-state index in [2.05, 4.69) is 27.8 Å². The van der Waals surface area contributed by atoms with E-state index < -0.39 is 0 Å². The molecule has 1 aromatic carbocycles. The van der Waals surface area contributed by atoms with Gasteiger partial charge in [0, 0.05) is 25.7 Å². The van der Waals surface area contributed by atoms with Crippen molar-refractivity contribution in [2.24, 2.45) is 5.10 Å². The SMILES string of the molecule is C(Cc1ccccc1)=NNN1CCOCC1. The largest absolute Gasteiger partial charge is 0.379 e. The van der Waals surface area contributed by atoms with E-state index in [0.717, 1.165) is 32.7 Å². The standard InChI is InChI=1S/C12H17N3O/c1-2-4-12(5-3-1)6-7-13-14-15-8-10-16-11-9-15/h1-5,7,14H,6,8-11H2. The van der Waals surface area contributed by atoms with Crippen LogP contribution in [0.4, 0.5) is 0 Å². The molecule has 2 rings (SSSR count). The Morgan fingerprint density at radius 2 is 2.00 bits per heavy atom. The summed E-state index contributed by atoms with van der Waals surface area (Å²) in [5, 5.41) is 6.25. The molecular weight excluding hydrogens is 202 g/mol. The van der Waals surface area contributed by atoms with Gasteiger partial charge in [-0.25, -0.2) is 10.5 Å². The van der Waals surface area contributed by atoms with Crippen LogP contribution < -0.4 is 5.53 Å². The van der Waals surface area contributed by atoms with E-state index >= 15 is 0 Å². The van der Waals surface area contributed by atoms with Crippen LogP contribution in [0.2, 0.25) is 0 Å². The second-order valence-electron chi connectivity index (χ2n) is 3.70. The normalized spacial score (nSPS) is 17.8.